The van der Waals surface area contributed by atoms with E-state index < -0.39 is 0 Å². The van der Waals surface area contributed by atoms with Crippen molar-refractivity contribution in [2.75, 3.05) is 11.9 Å². The maximum Gasteiger partial charge on any atom is 0.258 e. The number of carbonyl (C=O) groups excluding carboxylic acids is 2. The molecule has 0 spiro atoms. The highest BCUT2D eigenvalue weighted by molar-refractivity contribution is 7.17. The van der Waals surface area contributed by atoms with E-state index in [0.29, 0.717) is 25.1 Å². The molecule has 2 aromatic carbocycles. The van der Waals surface area contributed by atoms with Gasteiger partial charge >= 0.3 is 0 Å². The minimum atomic E-state index is -0.239. The lowest BCUT2D eigenvalue weighted by atomic mass is 9.87. The van der Waals surface area contributed by atoms with Gasteiger partial charge in [-0.15, -0.1) is 11.3 Å². The van der Waals surface area contributed by atoms with E-state index in [2.05, 4.69) is 36.1 Å². The molecule has 5 rings (SSSR count). The maximum atomic E-state index is 13.2. The van der Waals surface area contributed by atoms with Gasteiger partial charge in [0.2, 0.25) is 5.95 Å². The Kier molecular flexibility index (Phi) is 5.65. The van der Waals surface area contributed by atoms with Gasteiger partial charge in [0.05, 0.1) is 11.3 Å². The van der Waals surface area contributed by atoms with E-state index in [1.54, 1.807) is 17.5 Å². The van der Waals surface area contributed by atoms with Gasteiger partial charge in [0.15, 0.2) is 0 Å². The van der Waals surface area contributed by atoms with E-state index in [9.17, 15) is 9.59 Å². The molecule has 0 fully saturated rings. The Balaban J connectivity index is 1.28. The van der Waals surface area contributed by atoms with Crippen molar-refractivity contribution in [2.45, 2.75) is 39.2 Å². The van der Waals surface area contributed by atoms with E-state index in [1.807, 2.05) is 58.8 Å². The quantitative estimate of drug-likeness (QED) is 0.433. The largest absolute Gasteiger partial charge is 0.334 e. The Morgan fingerprint density at radius 1 is 1.06 bits per heavy atom. The average Bonchev–Trinajstić information content (AvgIpc) is 3.27. The summed E-state index contributed by atoms with van der Waals surface area (Å²) in [7, 11) is 0. The maximum absolute atomic E-state index is 13.2. The highest BCUT2D eigenvalue weighted by atomic mass is 32.1. The second-order valence-electron chi connectivity index (χ2n) is 9.57. The lowest BCUT2D eigenvalue weighted by Gasteiger charge is -2.28. The standard InChI is InChI=1S/C27H26N4O2S/c1-27(2,3)19-10-8-17(9-11-19)24(32)30-26-28-14-18-15-31(13-12-22(18)29-26)25(33)21-16-34-23-7-5-4-6-20(21)23/h4-11,14,16H,12-13,15H2,1-3H3,(H,28,29,30,32). The first-order valence-electron chi connectivity index (χ1n) is 11.3. The van der Waals surface area contributed by atoms with Crippen LogP contribution in [0.25, 0.3) is 10.1 Å². The smallest absolute Gasteiger partial charge is 0.258 e. The van der Waals surface area contributed by atoms with Gasteiger partial charge in [0.25, 0.3) is 11.8 Å². The minimum Gasteiger partial charge on any atom is -0.334 e. The fourth-order valence-corrected chi connectivity index (χ4v) is 5.09. The number of carbonyl (C=O) groups is 2. The second-order valence-corrected chi connectivity index (χ2v) is 10.5. The van der Waals surface area contributed by atoms with Crippen molar-refractivity contribution in [3.8, 4) is 0 Å². The van der Waals surface area contributed by atoms with Gasteiger partial charge in [-0.3, -0.25) is 14.9 Å². The van der Waals surface area contributed by atoms with Crippen LogP contribution < -0.4 is 5.32 Å². The third kappa shape index (κ3) is 4.31. The Hall–Kier alpha value is -3.58. The fraction of sp³-hybridized carbons (Fsp3) is 0.259. The molecule has 4 aromatic rings. The van der Waals surface area contributed by atoms with Crippen molar-refractivity contribution >= 4 is 39.2 Å². The number of thiophene rings is 1. The van der Waals surface area contributed by atoms with E-state index in [-0.39, 0.29) is 23.2 Å². The third-order valence-electron chi connectivity index (χ3n) is 6.17. The van der Waals surface area contributed by atoms with Crippen molar-refractivity contribution in [1.82, 2.24) is 14.9 Å². The third-order valence-corrected chi connectivity index (χ3v) is 7.13. The second kappa shape index (κ2) is 8.65. The van der Waals surface area contributed by atoms with Crippen molar-refractivity contribution in [2.24, 2.45) is 0 Å². The number of hydrogen-bond donors (Lipinski definition) is 1. The lowest BCUT2D eigenvalue weighted by Crippen LogP contribution is -2.36. The lowest BCUT2D eigenvalue weighted by molar-refractivity contribution is 0.0735. The first-order chi connectivity index (χ1) is 16.3. The number of benzene rings is 2. The first kappa shape index (κ1) is 22.2. The molecular weight excluding hydrogens is 444 g/mol. The van der Waals surface area contributed by atoms with Crippen LogP contribution in [-0.2, 0) is 18.4 Å². The molecule has 7 heteroatoms. The topological polar surface area (TPSA) is 75.2 Å². The highest BCUT2D eigenvalue weighted by Gasteiger charge is 2.25. The molecule has 0 unspecified atom stereocenters. The van der Waals surface area contributed by atoms with Crippen LogP contribution in [0.2, 0.25) is 0 Å². The zero-order valence-electron chi connectivity index (χ0n) is 19.5. The molecule has 6 nitrogen and oxygen atoms in total. The normalized spacial score (nSPS) is 13.6. The number of nitrogens with one attached hydrogen (secondary N) is 1. The van der Waals surface area contributed by atoms with Crippen LogP contribution in [0.5, 0.6) is 0 Å². The van der Waals surface area contributed by atoms with Crippen LogP contribution in [0, 0.1) is 0 Å². The van der Waals surface area contributed by atoms with Crippen LogP contribution in [0.1, 0.15) is 58.3 Å². The number of aromatic nitrogens is 2. The van der Waals surface area contributed by atoms with Gasteiger partial charge in [-0.25, -0.2) is 9.97 Å². The Morgan fingerprint density at radius 2 is 1.82 bits per heavy atom. The summed E-state index contributed by atoms with van der Waals surface area (Å²) in [6, 6.07) is 15.6. The van der Waals surface area contributed by atoms with Crippen LogP contribution in [0.15, 0.2) is 60.1 Å². The molecule has 2 aromatic heterocycles. The van der Waals surface area contributed by atoms with Crippen LogP contribution in [-0.4, -0.2) is 33.2 Å². The fourth-order valence-electron chi connectivity index (χ4n) is 4.16. The van der Waals surface area contributed by atoms with Crippen molar-refractivity contribution in [1.29, 1.82) is 0 Å². The molecule has 0 radical (unpaired) electrons. The van der Waals surface area contributed by atoms with Gasteiger partial charge in [-0.2, -0.15) is 0 Å². The van der Waals surface area contributed by atoms with E-state index in [4.69, 9.17) is 0 Å². The average molecular weight is 471 g/mol. The van der Waals surface area contributed by atoms with Crippen LogP contribution >= 0.6 is 11.3 Å². The van der Waals surface area contributed by atoms with Crippen molar-refractivity contribution in [3.63, 3.8) is 0 Å². The summed E-state index contributed by atoms with van der Waals surface area (Å²) in [6.45, 7) is 7.45. The van der Waals surface area contributed by atoms with Crippen LogP contribution in [0.3, 0.4) is 0 Å². The molecule has 0 atom stereocenters. The van der Waals surface area contributed by atoms with Gasteiger partial charge in [0, 0.05) is 52.3 Å². The van der Waals surface area contributed by atoms with Gasteiger partial charge in [-0.05, 0) is 29.2 Å². The zero-order chi connectivity index (χ0) is 23.9. The number of rotatable bonds is 3. The summed E-state index contributed by atoms with van der Waals surface area (Å²) in [5, 5.41) is 5.73. The predicted octanol–water partition coefficient (Wildman–Crippen LogP) is 5.44. The molecule has 2 amide bonds. The SMILES string of the molecule is CC(C)(C)c1ccc(C(=O)Nc2ncc3c(n2)CCN(C(=O)c2csc4ccccc24)C3)cc1. The molecule has 34 heavy (non-hydrogen) atoms. The first-order valence-corrected chi connectivity index (χ1v) is 12.2. The number of fused-ring (bicyclic) bond motifs is 2. The molecule has 0 aliphatic carbocycles. The van der Waals surface area contributed by atoms with Crippen LogP contribution in [0.4, 0.5) is 5.95 Å². The molecule has 0 saturated carbocycles. The molecular formula is C27H26N4O2S. The summed E-state index contributed by atoms with van der Waals surface area (Å²) < 4.78 is 1.11. The monoisotopic (exact) mass is 470 g/mol. The van der Waals surface area contributed by atoms with Gasteiger partial charge in [-0.1, -0.05) is 51.1 Å². The molecule has 3 heterocycles. The molecule has 1 aliphatic rings. The minimum absolute atomic E-state index is 0.0270. The highest BCUT2D eigenvalue weighted by Crippen LogP contribution is 2.28. The number of nitrogens with zero attached hydrogens (tertiary/aromatic N) is 3. The molecule has 1 N–H and O–H groups in total. The summed E-state index contributed by atoms with van der Waals surface area (Å²) >= 11 is 1.59. The molecule has 0 bridgehead atoms. The van der Waals surface area contributed by atoms with Crippen molar-refractivity contribution < 1.29 is 9.59 Å². The van der Waals surface area contributed by atoms with E-state index >= 15 is 0 Å². The number of amides is 2. The predicted molar refractivity (Wildman–Crippen MR) is 135 cm³/mol. The Bertz CT molecular complexity index is 1390. The van der Waals surface area contributed by atoms with Gasteiger partial charge < -0.3 is 4.90 Å². The summed E-state index contributed by atoms with van der Waals surface area (Å²) in [4.78, 5) is 36.6. The molecule has 1 aliphatic heterocycles. The molecule has 172 valence electrons. The van der Waals surface area contributed by atoms with Gasteiger partial charge in [0.1, 0.15) is 0 Å². The van der Waals surface area contributed by atoms with Crippen molar-refractivity contribution in [3.05, 3.63) is 88.1 Å². The zero-order valence-corrected chi connectivity index (χ0v) is 20.3. The summed E-state index contributed by atoms with van der Waals surface area (Å²) in [5.41, 5.74) is 4.28. The molecule has 0 saturated heterocycles. The van der Waals surface area contributed by atoms with E-state index in [0.717, 1.165) is 26.9 Å². The Labute approximate surface area is 202 Å². The van der Waals surface area contributed by atoms with E-state index in [1.165, 1.54) is 5.56 Å². The Morgan fingerprint density at radius 3 is 2.59 bits per heavy atom. The number of hydrogen-bond acceptors (Lipinski definition) is 5. The number of anilines is 1. The summed E-state index contributed by atoms with van der Waals surface area (Å²) in [5.74, 6) is 0.0730. The summed E-state index contributed by atoms with van der Waals surface area (Å²) in [6.07, 6.45) is 2.33.